The molecule has 2 fully saturated rings. The van der Waals surface area contributed by atoms with Crippen molar-refractivity contribution in [1.29, 1.82) is 0 Å². The summed E-state index contributed by atoms with van der Waals surface area (Å²) < 4.78 is 0. The van der Waals surface area contributed by atoms with Gasteiger partial charge in [0, 0.05) is 17.6 Å². The Hall–Kier alpha value is -2.62. The first-order chi connectivity index (χ1) is 12.8. The second kappa shape index (κ2) is 5.97. The number of carbonyl (C=O) groups is 1. The third kappa shape index (κ3) is 2.44. The maximum absolute atomic E-state index is 13.2. The van der Waals surface area contributed by atoms with Crippen molar-refractivity contribution in [2.45, 2.75) is 38.5 Å². The van der Waals surface area contributed by atoms with Gasteiger partial charge in [-0.25, -0.2) is 0 Å². The molecule has 3 aromatic rings. The van der Waals surface area contributed by atoms with Crippen LogP contribution in [0.3, 0.4) is 0 Å². The zero-order valence-electron chi connectivity index (χ0n) is 14.9. The number of anilines is 1. The molecule has 2 aromatic carbocycles. The van der Waals surface area contributed by atoms with Crippen LogP contribution in [0.1, 0.15) is 38.5 Å². The Morgan fingerprint density at radius 1 is 0.962 bits per heavy atom. The molecular formula is C22H23N3O. The lowest BCUT2D eigenvalue weighted by atomic mass is 9.73. The van der Waals surface area contributed by atoms with Gasteiger partial charge in [0.2, 0.25) is 5.91 Å². The third-order valence-corrected chi connectivity index (χ3v) is 6.26. The van der Waals surface area contributed by atoms with Crippen LogP contribution in [0, 0.1) is 5.41 Å². The van der Waals surface area contributed by atoms with Crippen LogP contribution < -0.4 is 4.90 Å². The van der Waals surface area contributed by atoms with E-state index in [1.54, 1.807) is 0 Å². The number of aromatic amines is 1. The summed E-state index contributed by atoms with van der Waals surface area (Å²) in [6.45, 7) is 0.849. The number of hydrogen-bond donors (Lipinski definition) is 1. The molecule has 26 heavy (non-hydrogen) atoms. The second-order valence-electron chi connectivity index (χ2n) is 7.77. The Labute approximate surface area is 153 Å². The SMILES string of the molecule is O=C1N(c2cccc(-c3ccc4cn[nH]c4c3)c2)CCC12CCCCC2. The van der Waals surface area contributed by atoms with E-state index in [4.69, 9.17) is 0 Å². The summed E-state index contributed by atoms with van der Waals surface area (Å²) in [5.74, 6) is 0.346. The summed E-state index contributed by atoms with van der Waals surface area (Å²) >= 11 is 0. The van der Waals surface area contributed by atoms with Gasteiger partial charge >= 0.3 is 0 Å². The number of hydrogen-bond acceptors (Lipinski definition) is 2. The van der Waals surface area contributed by atoms with E-state index >= 15 is 0 Å². The summed E-state index contributed by atoms with van der Waals surface area (Å²) in [7, 11) is 0. The molecule has 1 aliphatic heterocycles. The highest BCUT2D eigenvalue weighted by Gasteiger charge is 2.47. The Morgan fingerprint density at radius 3 is 2.69 bits per heavy atom. The van der Waals surface area contributed by atoms with Crippen LogP contribution in [0.4, 0.5) is 5.69 Å². The molecule has 5 rings (SSSR count). The van der Waals surface area contributed by atoms with Gasteiger partial charge in [-0.15, -0.1) is 0 Å². The molecule has 0 bridgehead atoms. The predicted octanol–water partition coefficient (Wildman–Crippen LogP) is 4.92. The van der Waals surface area contributed by atoms with E-state index in [-0.39, 0.29) is 5.41 Å². The summed E-state index contributed by atoms with van der Waals surface area (Å²) in [6.07, 6.45) is 8.66. The average Bonchev–Trinajstić information content (AvgIpc) is 3.28. The van der Waals surface area contributed by atoms with Gasteiger partial charge in [-0.2, -0.15) is 5.10 Å². The maximum atomic E-state index is 13.2. The van der Waals surface area contributed by atoms with E-state index in [9.17, 15) is 4.79 Å². The topological polar surface area (TPSA) is 49.0 Å². The van der Waals surface area contributed by atoms with E-state index < -0.39 is 0 Å². The van der Waals surface area contributed by atoms with Crippen LogP contribution in [0.15, 0.2) is 48.7 Å². The summed E-state index contributed by atoms with van der Waals surface area (Å²) in [5.41, 5.74) is 4.26. The van der Waals surface area contributed by atoms with Gasteiger partial charge in [-0.3, -0.25) is 9.89 Å². The van der Waals surface area contributed by atoms with Crippen LogP contribution in [0.25, 0.3) is 22.0 Å². The minimum absolute atomic E-state index is 0.0803. The molecule has 1 spiro atoms. The smallest absolute Gasteiger partial charge is 0.233 e. The van der Waals surface area contributed by atoms with Gasteiger partial charge in [-0.1, -0.05) is 43.5 Å². The molecule has 4 heteroatoms. The molecule has 1 saturated carbocycles. The highest BCUT2D eigenvalue weighted by atomic mass is 16.2. The monoisotopic (exact) mass is 345 g/mol. The normalized spacial score (nSPS) is 19.5. The zero-order valence-corrected chi connectivity index (χ0v) is 14.9. The molecular weight excluding hydrogens is 322 g/mol. The molecule has 2 aliphatic rings. The van der Waals surface area contributed by atoms with Crippen molar-refractivity contribution in [3.8, 4) is 11.1 Å². The van der Waals surface area contributed by atoms with E-state index in [0.717, 1.165) is 53.5 Å². The van der Waals surface area contributed by atoms with Crippen LogP contribution in [-0.4, -0.2) is 22.6 Å². The van der Waals surface area contributed by atoms with Crippen molar-refractivity contribution in [1.82, 2.24) is 10.2 Å². The number of benzene rings is 2. The first kappa shape index (κ1) is 15.6. The molecule has 0 radical (unpaired) electrons. The summed E-state index contributed by atoms with van der Waals surface area (Å²) in [5, 5.41) is 8.24. The fraction of sp³-hybridized carbons (Fsp3) is 0.364. The highest BCUT2D eigenvalue weighted by molar-refractivity contribution is 6.00. The van der Waals surface area contributed by atoms with Gasteiger partial charge in [0.25, 0.3) is 0 Å². The molecule has 4 nitrogen and oxygen atoms in total. The van der Waals surface area contributed by atoms with E-state index in [1.165, 1.54) is 19.3 Å². The van der Waals surface area contributed by atoms with Gasteiger partial charge in [0.05, 0.1) is 17.1 Å². The van der Waals surface area contributed by atoms with Gasteiger partial charge in [-0.05, 0) is 48.6 Å². The molecule has 1 saturated heterocycles. The molecule has 1 aliphatic carbocycles. The lowest BCUT2D eigenvalue weighted by Gasteiger charge is -2.31. The number of H-pyrrole nitrogens is 1. The van der Waals surface area contributed by atoms with Crippen molar-refractivity contribution in [2.24, 2.45) is 5.41 Å². The lowest BCUT2D eigenvalue weighted by molar-refractivity contribution is -0.127. The number of fused-ring (bicyclic) bond motifs is 1. The fourth-order valence-electron chi connectivity index (χ4n) is 4.73. The van der Waals surface area contributed by atoms with E-state index in [2.05, 4.69) is 52.7 Å². The molecule has 2 heterocycles. The first-order valence-corrected chi connectivity index (χ1v) is 9.61. The molecule has 1 aromatic heterocycles. The molecule has 132 valence electrons. The fourth-order valence-corrected chi connectivity index (χ4v) is 4.73. The summed E-state index contributed by atoms with van der Waals surface area (Å²) in [4.78, 5) is 15.2. The Kier molecular flexibility index (Phi) is 3.59. The number of rotatable bonds is 2. The van der Waals surface area contributed by atoms with Crippen LogP contribution in [-0.2, 0) is 4.79 Å². The van der Waals surface area contributed by atoms with Gasteiger partial charge in [0.15, 0.2) is 0 Å². The predicted molar refractivity (Wildman–Crippen MR) is 104 cm³/mol. The minimum atomic E-state index is -0.0803. The largest absolute Gasteiger partial charge is 0.312 e. The quantitative estimate of drug-likeness (QED) is 0.717. The Morgan fingerprint density at radius 2 is 1.81 bits per heavy atom. The maximum Gasteiger partial charge on any atom is 0.233 e. The van der Waals surface area contributed by atoms with Crippen molar-refractivity contribution >= 4 is 22.5 Å². The standard InChI is InChI=1S/C22H23N3O/c26-21-22(9-2-1-3-10-22)11-12-25(21)19-6-4-5-16(13-19)17-7-8-18-15-23-24-20(18)14-17/h4-8,13-15H,1-3,9-12H2,(H,23,24). The lowest BCUT2D eigenvalue weighted by Crippen LogP contribution is -2.36. The van der Waals surface area contributed by atoms with Crippen molar-refractivity contribution in [2.75, 3.05) is 11.4 Å². The van der Waals surface area contributed by atoms with E-state index in [1.807, 2.05) is 11.1 Å². The number of carbonyl (C=O) groups excluding carboxylic acids is 1. The van der Waals surface area contributed by atoms with Crippen molar-refractivity contribution in [3.63, 3.8) is 0 Å². The number of amides is 1. The van der Waals surface area contributed by atoms with Crippen LogP contribution >= 0.6 is 0 Å². The molecule has 1 N–H and O–H groups in total. The zero-order chi connectivity index (χ0) is 17.6. The molecule has 0 unspecified atom stereocenters. The number of nitrogens with one attached hydrogen (secondary N) is 1. The average molecular weight is 345 g/mol. The Balaban J connectivity index is 1.47. The highest BCUT2D eigenvalue weighted by Crippen LogP contribution is 2.46. The molecule has 1 amide bonds. The van der Waals surface area contributed by atoms with Crippen LogP contribution in [0.2, 0.25) is 0 Å². The van der Waals surface area contributed by atoms with Crippen molar-refractivity contribution in [3.05, 3.63) is 48.7 Å². The summed E-state index contributed by atoms with van der Waals surface area (Å²) in [6, 6.07) is 14.7. The Bertz CT molecular complexity index is 968. The van der Waals surface area contributed by atoms with Gasteiger partial charge in [0.1, 0.15) is 0 Å². The van der Waals surface area contributed by atoms with Crippen molar-refractivity contribution < 1.29 is 4.79 Å². The van der Waals surface area contributed by atoms with Gasteiger partial charge < -0.3 is 4.90 Å². The van der Waals surface area contributed by atoms with Crippen LogP contribution in [0.5, 0.6) is 0 Å². The second-order valence-corrected chi connectivity index (χ2v) is 7.77. The third-order valence-electron chi connectivity index (χ3n) is 6.26. The van der Waals surface area contributed by atoms with E-state index in [0.29, 0.717) is 5.91 Å². The minimum Gasteiger partial charge on any atom is -0.312 e. The number of aromatic nitrogens is 2. The molecule has 0 atom stereocenters. The first-order valence-electron chi connectivity index (χ1n) is 9.61. The number of nitrogens with zero attached hydrogens (tertiary/aromatic N) is 2.